The van der Waals surface area contributed by atoms with Crippen molar-refractivity contribution in [3.8, 4) is 0 Å². The first-order valence-electron chi connectivity index (χ1n) is 4.18. The van der Waals surface area contributed by atoms with E-state index in [1.165, 1.54) is 0 Å². The van der Waals surface area contributed by atoms with Crippen molar-refractivity contribution in [1.29, 1.82) is 0 Å². The second-order valence-electron chi connectivity index (χ2n) is 3.21. The third kappa shape index (κ3) is 2.64. The Bertz CT molecular complexity index is 126. The standard InChI is InChI=1S/C9H16O2/c1-2-3-4-5-9(10)6-7-11-8-9/h2,10H,1,3-8H2. The molecule has 64 valence electrons. The van der Waals surface area contributed by atoms with Crippen LogP contribution in [0.25, 0.3) is 0 Å². The van der Waals surface area contributed by atoms with Crippen LogP contribution in [0.4, 0.5) is 0 Å². The molecular formula is C9H16O2. The van der Waals surface area contributed by atoms with E-state index in [1.807, 2.05) is 6.08 Å². The van der Waals surface area contributed by atoms with Crippen molar-refractivity contribution >= 4 is 0 Å². The Morgan fingerprint density at radius 2 is 2.45 bits per heavy atom. The fourth-order valence-corrected chi connectivity index (χ4v) is 1.37. The maximum absolute atomic E-state index is 9.76. The van der Waals surface area contributed by atoms with Gasteiger partial charge in [-0.3, -0.25) is 0 Å². The minimum Gasteiger partial charge on any atom is -0.387 e. The molecule has 0 aromatic rings. The second kappa shape index (κ2) is 3.88. The quantitative estimate of drug-likeness (QED) is 0.493. The fraction of sp³-hybridized carbons (Fsp3) is 0.778. The maximum atomic E-state index is 9.76. The average molecular weight is 156 g/mol. The molecule has 0 amide bonds. The summed E-state index contributed by atoms with van der Waals surface area (Å²) in [7, 11) is 0. The third-order valence-corrected chi connectivity index (χ3v) is 2.13. The second-order valence-corrected chi connectivity index (χ2v) is 3.21. The zero-order valence-electron chi connectivity index (χ0n) is 6.88. The Morgan fingerprint density at radius 3 is 3.00 bits per heavy atom. The molecule has 1 N–H and O–H groups in total. The van der Waals surface area contributed by atoms with E-state index in [-0.39, 0.29) is 0 Å². The first-order chi connectivity index (χ1) is 5.27. The molecule has 11 heavy (non-hydrogen) atoms. The number of hydrogen-bond donors (Lipinski definition) is 1. The molecule has 1 aliphatic rings. The lowest BCUT2D eigenvalue weighted by Gasteiger charge is -2.19. The molecule has 0 radical (unpaired) electrons. The van der Waals surface area contributed by atoms with Crippen molar-refractivity contribution in [2.75, 3.05) is 13.2 Å². The summed E-state index contributed by atoms with van der Waals surface area (Å²) in [6, 6.07) is 0. The summed E-state index contributed by atoms with van der Waals surface area (Å²) in [6.07, 6.45) is 5.54. The molecular weight excluding hydrogens is 140 g/mol. The van der Waals surface area contributed by atoms with Crippen molar-refractivity contribution in [3.05, 3.63) is 12.7 Å². The molecule has 2 heteroatoms. The van der Waals surface area contributed by atoms with Gasteiger partial charge in [0.15, 0.2) is 0 Å². The lowest BCUT2D eigenvalue weighted by atomic mass is 9.96. The number of unbranched alkanes of at least 4 members (excludes halogenated alkanes) is 1. The van der Waals surface area contributed by atoms with E-state index in [2.05, 4.69) is 6.58 Å². The van der Waals surface area contributed by atoms with Gasteiger partial charge in [-0.25, -0.2) is 0 Å². The van der Waals surface area contributed by atoms with Gasteiger partial charge in [0.05, 0.1) is 12.2 Å². The lowest BCUT2D eigenvalue weighted by Crippen LogP contribution is -2.28. The number of rotatable bonds is 4. The third-order valence-electron chi connectivity index (χ3n) is 2.13. The highest BCUT2D eigenvalue weighted by Crippen LogP contribution is 2.24. The Morgan fingerprint density at radius 1 is 1.64 bits per heavy atom. The molecule has 1 fully saturated rings. The smallest absolute Gasteiger partial charge is 0.0902 e. The summed E-state index contributed by atoms with van der Waals surface area (Å²) in [6.45, 7) is 4.87. The van der Waals surface area contributed by atoms with Crippen LogP contribution in [0.2, 0.25) is 0 Å². The Hall–Kier alpha value is -0.340. The van der Waals surface area contributed by atoms with Crippen LogP contribution in [-0.2, 0) is 4.74 Å². The van der Waals surface area contributed by atoms with E-state index < -0.39 is 5.60 Å². The summed E-state index contributed by atoms with van der Waals surface area (Å²) >= 11 is 0. The number of hydrogen-bond acceptors (Lipinski definition) is 2. The van der Waals surface area contributed by atoms with Gasteiger partial charge in [-0.2, -0.15) is 0 Å². The van der Waals surface area contributed by atoms with Crippen LogP contribution in [0.5, 0.6) is 0 Å². The van der Waals surface area contributed by atoms with Gasteiger partial charge in [-0.05, 0) is 19.3 Å². The van der Waals surface area contributed by atoms with Gasteiger partial charge in [-0.1, -0.05) is 6.08 Å². The predicted molar refractivity (Wildman–Crippen MR) is 44.4 cm³/mol. The van der Waals surface area contributed by atoms with Crippen LogP contribution < -0.4 is 0 Å². The largest absolute Gasteiger partial charge is 0.387 e. The van der Waals surface area contributed by atoms with Crippen molar-refractivity contribution in [2.24, 2.45) is 0 Å². The van der Waals surface area contributed by atoms with Crippen molar-refractivity contribution in [2.45, 2.75) is 31.3 Å². The van der Waals surface area contributed by atoms with E-state index >= 15 is 0 Å². The summed E-state index contributed by atoms with van der Waals surface area (Å²) in [5, 5.41) is 9.76. The van der Waals surface area contributed by atoms with Crippen LogP contribution in [0.15, 0.2) is 12.7 Å². The number of aliphatic hydroxyl groups is 1. The van der Waals surface area contributed by atoms with E-state index in [0.717, 1.165) is 25.7 Å². The van der Waals surface area contributed by atoms with Gasteiger partial charge in [0.1, 0.15) is 0 Å². The summed E-state index contributed by atoms with van der Waals surface area (Å²) in [5.41, 5.74) is -0.525. The zero-order chi connectivity index (χ0) is 8.16. The molecule has 0 aromatic carbocycles. The highest BCUT2D eigenvalue weighted by molar-refractivity contribution is 4.83. The van der Waals surface area contributed by atoms with Crippen molar-refractivity contribution in [1.82, 2.24) is 0 Å². The van der Waals surface area contributed by atoms with Crippen LogP contribution in [0, 0.1) is 0 Å². The van der Waals surface area contributed by atoms with Crippen molar-refractivity contribution in [3.63, 3.8) is 0 Å². The molecule has 0 bridgehead atoms. The molecule has 1 aliphatic heterocycles. The minimum atomic E-state index is -0.525. The SMILES string of the molecule is C=CCCCC1(O)CCOC1. The van der Waals surface area contributed by atoms with Gasteiger partial charge in [0.25, 0.3) is 0 Å². The molecule has 0 saturated carbocycles. The first-order valence-corrected chi connectivity index (χ1v) is 4.18. The van der Waals surface area contributed by atoms with Crippen LogP contribution >= 0.6 is 0 Å². The summed E-state index contributed by atoms with van der Waals surface area (Å²) < 4.78 is 5.11. The summed E-state index contributed by atoms with van der Waals surface area (Å²) in [5.74, 6) is 0. The molecule has 0 aromatic heterocycles. The Kier molecular flexibility index (Phi) is 3.09. The highest BCUT2D eigenvalue weighted by Gasteiger charge is 2.30. The van der Waals surface area contributed by atoms with Gasteiger partial charge in [0.2, 0.25) is 0 Å². The molecule has 0 aliphatic carbocycles. The van der Waals surface area contributed by atoms with E-state index in [0.29, 0.717) is 13.2 Å². The lowest BCUT2D eigenvalue weighted by molar-refractivity contribution is 0.0179. The monoisotopic (exact) mass is 156 g/mol. The van der Waals surface area contributed by atoms with Crippen molar-refractivity contribution < 1.29 is 9.84 Å². The van der Waals surface area contributed by atoms with Crippen LogP contribution in [0.3, 0.4) is 0 Å². The van der Waals surface area contributed by atoms with Crippen LogP contribution in [0.1, 0.15) is 25.7 Å². The molecule has 1 unspecified atom stereocenters. The zero-order valence-corrected chi connectivity index (χ0v) is 6.88. The van der Waals surface area contributed by atoms with Gasteiger partial charge in [0, 0.05) is 13.0 Å². The van der Waals surface area contributed by atoms with E-state index in [4.69, 9.17) is 4.74 Å². The minimum absolute atomic E-state index is 0.518. The maximum Gasteiger partial charge on any atom is 0.0902 e. The van der Waals surface area contributed by atoms with Gasteiger partial charge >= 0.3 is 0 Å². The Balaban J connectivity index is 2.17. The highest BCUT2D eigenvalue weighted by atomic mass is 16.5. The summed E-state index contributed by atoms with van der Waals surface area (Å²) in [4.78, 5) is 0. The predicted octanol–water partition coefficient (Wildman–Crippen LogP) is 1.49. The molecule has 1 saturated heterocycles. The number of allylic oxidation sites excluding steroid dienone is 1. The molecule has 1 atom stereocenters. The number of ether oxygens (including phenoxy) is 1. The Labute approximate surface area is 67.9 Å². The topological polar surface area (TPSA) is 29.5 Å². The average Bonchev–Trinajstić information content (AvgIpc) is 2.38. The first kappa shape index (κ1) is 8.75. The molecule has 0 spiro atoms. The van der Waals surface area contributed by atoms with E-state index in [1.54, 1.807) is 0 Å². The molecule has 1 heterocycles. The molecule has 2 nitrogen and oxygen atoms in total. The van der Waals surface area contributed by atoms with Crippen LogP contribution in [-0.4, -0.2) is 23.9 Å². The molecule has 1 rings (SSSR count). The fourth-order valence-electron chi connectivity index (χ4n) is 1.37. The van der Waals surface area contributed by atoms with Gasteiger partial charge in [-0.15, -0.1) is 6.58 Å². The normalized spacial score (nSPS) is 30.6. The van der Waals surface area contributed by atoms with E-state index in [9.17, 15) is 5.11 Å². The van der Waals surface area contributed by atoms with Gasteiger partial charge < -0.3 is 9.84 Å².